The Bertz CT molecular complexity index is 893. The third kappa shape index (κ3) is 3.99. The zero-order valence-corrected chi connectivity index (χ0v) is 15.1. The molecule has 2 N–H and O–H groups in total. The number of nitrogens with zero attached hydrogens (tertiary/aromatic N) is 1. The minimum absolute atomic E-state index is 0.00852. The van der Waals surface area contributed by atoms with Crippen molar-refractivity contribution in [3.05, 3.63) is 47.5 Å². The zero-order chi connectivity index (χ0) is 18.8. The average Bonchev–Trinajstić information content (AvgIpc) is 2.97. The molecule has 1 atom stereocenters. The fourth-order valence-electron chi connectivity index (χ4n) is 2.33. The Hall–Kier alpha value is -2.39. The van der Waals surface area contributed by atoms with Gasteiger partial charge in [0, 0.05) is 13.2 Å². The number of carbonyl (C=O) groups excluding carboxylic acids is 1. The number of hydrogen-bond acceptors (Lipinski definition) is 4. The number of benzene rings is 1. The van der Waals surface area contributed by atoms with E-state index in [4.69, 9.17) is 4.74 Å². The van der Waals surface area contributed by atoms with Crippen LogP contribution < -0.4 is 14.8 Å². The van der Waals surface area contributed by atoms with Gasteiger partial charge >= 0.3 is 0 Å². The van der Waals surface area contributed by atoms with Crippen LogP contribution in [0.4, 0.5) is 4.39 Å². The van der Waals surface area contributed by atoms with Crippen LogP contribution >= 0.6 is 0 Å². The fraction of sp³-hybridized carbons (Fsp3) is 0.312. The summed E-state index contributed by atoms with van der Waals surface area (Å²) in [6, 6.07) is 5.21. The molecule has 0 radical (unpaired) electrons. The minimum atomic E-state index is -3.64. The number of amides is 1. The summed E-state index contributed by atoms with van der Waals surface area (Å²) < 4.78 is 45.9. The molecule has 136 valence electrons. The molecule has 1 heterocycles. The van der Waals surface area contributed by atoms with Gasteiger partial charge in [-0.2, -0.15) is 0 Å². The normalized spacial score (nSPS) is 12.7. The van der Waals surface area contributed by atoms with Crippen LogP contribution in [-0.2, 0) is 17.1 Å². The predicted octanol–water partition coefficient (Wildman–Crippen LogP) is 1.57. The maximum atomic E-state index is 13.8. The molecule has 7 nitrogen and oxygen atoms in total. The Balaban J connectivity index is 2.21. The molecule has 0 aliphatic rings. The van der Waals surface area contributed by atoms with Gasteiger partial charge in [0.15, 0.2) is 11.6 Å². The third-order valence-corrected chi connectivity index (χ3v) is 5.20. The molecule has 0 fully saturated rings. The highest BCUT2D eigenvalue weighted by Gasteiger charge is 2.20. The van der Waals surface area contributed by atoms with Crippen LogP contribution in [0.5, 0.6) is 5.75 Å². The van der Waals surface area contributed by atoms with Crippen molar-refractivity contribution in [1.29, 1.82) is 0 Å². The van der Waals surface area contributed by atoms with E-state index in [1.54, 1.807) is 20.0 Å². The summed E-state index contributed by atoms with van der Waals surface area (Å²) >= 11 is 0. The Morgan fingerprint density at radius 3 is 2.56 bits per heavy atom. The van der Waals surface area contributed by atoms with Crippen molar-refractivity contribution in [1.82, 2.24) is 14.6 Å². The van der Waals surface area contributed by atoms with Crippen LogP contribution in [0.25, 0.3) is 0 Å². The number of carbonyl (C=O) groups is 1. The van der Waals surface area contributed by atoms with Crippen molar-refractivity contribution in [3.8, 4) is 5.75 Å². The van der Waals surface area contributed by atoms with Gasteiger partial charge in [0.25, 0.3) is 5.91 Å². The molecule has 1 amide bonds. The van der Waals surface area contributed by atoms with Crippen molar-refractivity contribution in [2.45, 2.75) is 17.9 Å². The first-order valence-electron chi connectivity index (χ1n) is 7.43. The predicted molar refractivity (Wildman–Crippen MR) is 90.5 cm³/mol. The molecule has 1 aromatic carbocycles. The topological polar surface area (TPSA) is 89.4 Å². The highest BCUT2D eigenvalue weighted by molar-refractivity contribution is 7.89. The monoisotopic (exact) mass is 369 g/mol. The molecule has 0 saturated heterocycles. The van der Waals surface area contributed by atoms with Crippen molar-refractivity contribution in [2.75, 3.05) is 14.2 Å². The molecule has 0 spiro atoms. The minimum Gasteiger partial charge on any atom is -0.494 e. The summed E-state index contributed by atoms with van der Waals surface area (Å²) in [4.78, 5) is 12.4. The summed E-state index contributed by atoms with van der Waals surface area (Å²) in [5.41, 5.74) is 0.735. The van der Waals surface area contributed by atoms with E-state index in [1.807, 2.05) is 0 Å². The van der Waals surface area contributed by atoms with Crippen molar-refractivity contribution >= 4 is 15.9 Å². The second-order valence-electron chi connectivity index (χ2n) is 5.47. The molecule has 0 bridgehead atoms. The molecular formula is C16H20FN3O4S. The average molecular weight is 369 g/mol. The van der Waals surface area contributed by atoms with Gasteiger partial charge in [-0.05, 0) is 37.7 Å². The summed E-state index contributed by atoms with van der Waals surface area (Å²) in [7, 11) is 0.594. The van der Waals surface area contributed by atoms with E-state index in [9.17, 15) is 17.6 Å². The molecule has 0 aliphatic carbocycles. The molecule has 9 heteroatoms. The number of aromatic nitrogens is 1. The zero-order valence-electron chi connectivity index (χ0n) is 14.3. The van der Waals surface area contributed by atoms with Gasteiger partial charge in [-0.1, -0.05) is 6.07 Å². The van der Waals surface area contributed by atoms with Crippen LogP contribution in [0.2, 0.25) is 0 Å². The lowest BCUT2D eigenvalue weighted by Crippen LogP contribution is -2.28. The number of rotatable bonds is 6. The standard InChI is InChI=1S/C16H20FN3O4S/c1-10(11-5-6-15(24-4)13(17)7-11)19-16(21)14-8-12(9-20(14)3)25(22,23)18-2/h5-10,18H,1-4H3,(H,19,21)/t10-/m0/s1. The van der Waals surface area contributed by atoms with Gasteiger partial charge in [-0.25, -0.2) is 17.5 Å². The number of halogens is 1. The summed E-state index contributed by atoms with van der Waals surface area (Å²) in [5.74, 6) is -0.877. The van der Waals surface area contributed by atoms with Crippen molar-refractivity contribution in [3.63, 3.8) is 0 Å². The van der Waals surface area contributed by atoms with E-state index in [0.29, 0.717) is 5.56 Å². The molecule has 0 saturated carbocycles. The first-order valence-corrected chi connectivity index (χ1v) is 8.92. The Kier molecular flexibility index (Phi) is 5.48. The van der Waals surface area contributed by atoms with Crippen LogP contribution in [0.3, 0.4) is 0 Å². The van der Waals surface area contributed by atoms with Gasteiger partial charge in [0.2, 0.25) is 10.0 Å². The summed E-state index contributed by atoms with van der Waals surface area (Å²) in [6.07, 6.45) is 1.35. The second-order valence-corrected chi connectivity index (χ2v) is 7.36. The molecule has 2 rings (SSSR count). The Morgan fingerprint density at radius 1 is 1.32 bits per heavy atom. The number of nitrogens with one attached hydrogen (secondary N) is 2. The Morgan fingerprint density at radius 2 is 2.00 bits per heavy atom. The van der Waals surface area contributed by atoms with Crippen molar-refractivity contribution in [2.24, 2.45) is 7.05 Å². The van der Waals surface area contributed by atoms with E-state index in [2.05, 4.69) is 10.0 Å². The maximum absolute atomic E-state index is 13.8. The van der Waals surface area contributed by atoms with Gasteiger partial charge in [0.1, 0.15) is 10.6 Å². The summed E-state index contributed by atoms with van der Waals surface area (Å²) in [6.45, 7) is 1.70. The van der Waals surface area contributed by atoms with Gasteiger partial charge in [-0.3, -0.25) is 4.79 Å². The molecular weight excluding hydrogens is 349 g/mol. The van der Waals surface area contributed by atoms with Gasteiger partial charge in [0.05, 0.1) is 13.2 Å². The first kappa shape index (κ1) is 18.9. The number of hydrogen-bond donors (Lipinski definition) is 2. The van der Waals surface area contributed by atoms with Crippen LogP contribution in [0.1, 0.15) is 29.0 Å². The van der Waals surface area contributed by atoms with Gasteiger partial charge < -0.3 is 14.6 Å². The van der Waals surface area contributed by atoms with E-state index in [0.717, 1.165) is 0 Å². The maximum Gasteiger partial charge on any atom is 0.268 e. The molecule has 0 aliphatic heterocycles. The SMILES string of the molecule is CNS(=O)(=O)c1cc(C(=O)N[C@@H](C)c2ccc(OC)c(F)c2)n(C)c1. The fourth-order valence-corrected chi connectivity index (χ4v) is 3.13. The number of sulfonamides is 1. The van der Waals surface area contributed by atoms with Gasteiger partial charge in [-0.15, -0.1) is 0 Å². The van der Waals surface area contributed by atoms with E-state index in [-0.39, 0.29) is 16.3 Å². The lowest BCUT2D eigenvalue weighted by Gasteiger charge is -2.15. The highest BCUT2D eigenvalue weighted by atomic mass is 32.2. The molecule has 25 heavy (non-hydrogen) atoms. The molecule has 2 aromatic rings. The number of aryl methyl sites for hydroxylation is 1. The van der Waals surface area contributed by atoms with E-state index < -0.39 is 27.8 Å². The molecule has 1 aromatic heterocycles. The third-order valence-electron chi connectivity index (χ3n) is 3.81. The number of methoxy groups -OCH3 is 1. The van der Waals surface area contributed by atoms with E-state index in [1.165, 1.54) is 43.1 Å². The highest BCUT2D eigenvalue weighted by Crippen LogP contribution is 2.22. The second kappa shape index (κ2) is 7.24. The first-order chi connectivity index (χ1) is 11.7. The quantitative estimate of drug-likeness (QED) is 0.809. The number of ether oxygens (including phenoxy) is 1. The van der Waals surface area contributed by atoms with Crippen LogP contribution in [0.15, 0.2) is 35.4 Å². The summed E-state index contributed by atoms with van der Waals surface area (Å²) in [5, 5.41) is 2.72. The Labute approximate surface area is 145 Å². The van der Waals surface area contributed by atoms with Crippen LogP contribution in [-0.4, -0.2) is 33.0 Å². The lowest BCUT2D eigenvalue weighted by atomic mass is 10.1. The van der Waals surface area contributed by atoms with E-state index >= 15 is 0 Å². The lowest BCUT2D eigenvalue weighted by molar-refractivity contribution is 0.0931. The largest absolute Gasteiger partial charge is 0.494 e. The van der Waals surface area contributed by atoms with Crippen molar-refractivity contribution < 1.29 is 22.3 Å². The smallest absolute Gasteiger partial charge is 0.268 e. The molecule has 0 unspecified atom stereocenters. The van der Waals surface area contributed by atoms with Crippen LogP contribution in [0, 0.1) is 5.82 Å².